The molecule has 0 spiro atoms. The first-order valence-electron chi connectivity index (χ1n) is 5.30. The molecule has 0 aliphatic carbocycles. The zero-order chi connectivity index (χ0) is 9.97. The van der Waals surface area contributed by atoms with Gasteiger partial charge in [0.15, 0.2) is 0 Å². The van der Waals surface area contributed by atoms with Crippen molar-refractivity contribution in [1.82, 2.24) is 0 Å². The van der Waals surface area contributed by atoms with Crippen molar-refractivity contribution in [3.63, 3.8) is 0 Å². The molecular weight excluding hydrogens is 194 g/mol. The summed E-state index contributed by atoms with van der Waals surface area (Å²) in [6, 6.07) is 8.16. The molecule has 0 bridgehead atoms. The first-order valence-corrected chi connectivity index (χ1v) is 5.68. The van der Waals surface area contributed by atoms with E-state index in [0.717, 1.165) is 10.9 Å². The Hall–Kier alpha value is -0.690. The van der Waals surface area contributed by atoms with Crippen LogP contribution in [-0.4, -0.2) is 13.1 Å². The van der Waals surface area contributed by atoms with Crippen LogP contribution in [0.3, 0.4) is 0 Å². The van der Waals surface area contributed by atoms with E-state index in [0.29, 0.717) is 0 Å². The molecule has 0 saturated carbocycles. The third-order valence-corrected chi connectivity index (χ3v) is 3.31. The van der Waals surface area contributed by atoms with Crippen molar-refractivity contribution in [2.45, 2.75) is 19.8 Å². The topological polar surface area (TPSA) is 3.24 Å². The van der Waals surface area contributed by atoms with Crippen molar-refractivity contribution >= 4 is 17.3 Å². The third-order valence-electron chi connectivity index (χ3n) is 3.05. The van der Waals surface area contributed by atoms with Crippen LogP contribution in [0, 0.1) is 5.92 Å². The fourth-order valence-corrected chi connectivity index (χ4v) is 2.18. The summed E-state index contributed by atoms with van der Waals surface area (Å²) in [5.74, 6) is 0.880. The minimum Gasteiger partial charge on any atom is -0.371 e. The smallest absolute Gasteiger partial charge is 0.0407 e. The zero-order valence-electron chi connectivity index (χ0n) is 8.54. The van der Waals surface area contributed by atoms with Gasteiger partial charge in [-0.25, -0.2) is 0 Å². The third kappa shape index (κ3) is 2.03. The second-order valence-electron chi connectivity index (χ2n) is 3.99. The molecule has 2 rings (SSSR count). The summed E-state index contributed by atoms with van der Waals surface area (Å²) >= 11 is 5.86. The van der Waals surface area contributed by atoms with Crippen molar-refractivity contribution in [3.05, 3.63) is 29.3 Å². The van der Waals surface area contributed by atoms with Gasteiger partial charge in [0, 0.05) is 23.8 Å². The summed E-state index contributed by atoms with van der Waals surface area (Å²) in [6.45, 7) is 4.67. The predicted molar refractivity (Wildman–Crippen MR) is 62.1 cm³/mol. The van der Waals surface area contributed by atoms with Crippen LogP contribution >= 0.6 is 11.6 Å². The molecule has 1 aliphatic rings. The van der Waals surface area contributed by atoms with E-state index in [2.05, 4.69) is 24.0 Å². The lowest BCUT2D eigenvalue weighted by molar-refractivity contribution is 0.569. The molecule has 0 radical (unpaired) electrons. The van der Waals surface area contributed by atoms with Gasteiger partial charge in [-0.3, -0.25) is 0 Å². The molecule has 1 atom stereocenters. The van der Waals surface area contributed by atoms with Crippen LogP contribution in [0.15, 0.2) is 24.3 Å². The van der Waals surface area contributed by atoms with E-state index in [1.807, 2.05) is 12.1 Å². The molecule has 2 heteroatoms. The van der Waals surface area contributed by atoms with E-state index in [9.17, 15) is 0 Å². The number of hydrogen-bond acceptors (Lipinski definition) is 1. The minimum atomic E-state index is 0.819. The normalized spacial score (nSPS) is 21.6. The minimum absolute atomic E-state index is 0.819. The van der Waals surface area contributed by atoms with Gasteiger partial charge in [-0.1, -0.05) is 24.9 Å². The number of rotatable bonds is 2. The van der Waals surface area contributed by atoms with Crippen molar-refractivity contribution in [2.75, 3.05) is 18.0 Å². The van der Waals surface area contributed by atoms with Crippen LogP contribution in [0.2, 0.25) is 5.02 Å². The molecule has 14 heavy (non-hydrogen) atoms. The number of hydrogen-bond donors (Lipinski definition) is 0. The van der Waals surface area contributed by atoms with E-state index in [4.69, 9.17) is 11.6 Å². The Labute approximate surface area is 90.7 Å². The molecule has 1 aliphatic heterocycles. The van der Waals surface area contributed by atoms with Gasteiger partial charge in [-0.05, 0) is 36.6 Å². The van der Waals surface area contributed by atoms with Gasteiger partial charge in [0.2, 0.25) is 0 Å². The van der Waals surface area contributed by atoms with E-state index >= 15 is 0 Å². The summed E-state index contributed by atoms with van der Waals surface area (Å²) < 4.78 is 0. The van der Waals surface area contributed by atoms with Crippen molar-refractivity contribution < 1.29 is 0 Å². The maximum Gasteiger partial charge on any atom is 0.0407 e. The van der Waals surface area contributed by atoms with Crippen LogP contribution in [-0.2, 0) is 0 Å². The highest BCUT2D eigenvalue weighted by atomic mass is 35.5. The van der Waals surface area contributed by atoms with Crippen LogP contribution in [0.5, 0.6) is 0 Å². The van der Waals surface area contributed by atoms with E-state index < -0.39 is 0 Å². The van der Waals surface area contributed by atoms with Crippen LogP contribution in [0.25, 0.3) is 0 Å². The average molecular weight is 210 g/mol. The quantitative estimate of drug-likeness (QED) is 0.720. The fourth-order valence-electron chi connectivity index (χ4n) is 2.05. The maximum atomic E-state index is 5.86. The van der Waals surface area contributed by atoms with Crippen molar-refractivity contribution in [1.29, 1.82) is 0 Å². The number of halogens is 1. The first-order chi connectivity index (χ1) is 6.79. The van der Waals surface area contributed by atoms with E-state index in [-0.39, 0.29) is 0 Å². The van der Waals surface area contributed by atoms with Crippen LogP contribution < -0.4 is 4.90 Å². The molecule has 1 aromatic rings. The van der Waals surface area contributed by atoms with Crippen molar-refractivity contribution in [3.8, 4) is 0 Å². The lowest BCUT2D eigenvalue weighted by Gasteiger charge is -2.18. The fraction of sp³-hybridized carbons (Fsp3) is 0.500. The summed E-state index contributed by atoms with van der Waals surface area (Å²) in [7, 11) is 0. The van der Waals surface area contributed by atoms with Gasteiger partial charge in [0.1, 0.15) is 0 Å². The van der Waals surface area contributed by atoms with Gasteiger partial charge in [-0.2, -0.15) is 0 Å². The maximum absolute atomic E-state index is 5.86. The average Bonchev–Trinajstić information content (AvgIpc) is 2.67. The Morgan fingerprint density at radius 3 is 2.64 bits per heavy atom. The lowest BCUT2D eigenvalue weighted by Crippen LogP contribution is -2.19. The van der Waals surface area contributed by atoms with Gasteiger partial charge in [-0.15, -0.1) is 0 Å². The molecule has 0 N–H and O–H groups in total. The zero-order valence-corrected chi connectivity index (χ0v) is 9.30. The Bertz CT molecular complexity index is 294. The second-order valence-corrected chi connectivity index (χ2v) is 4.42. The predicted octanol–water partition coefficient (Wildman–Crippen LogP) is 3.58. The van der Waals surface area contributed by atoms with Gasteiger partial charge in [0.05, 0.1) is 0 Å². The van der Waals surface area contributed by atoms with E-state index in [1.165, 1.54) is 31.6 Å². The number of benzene rings is 1. The molecular formula is C12H16ClN. The van der Waals surface area contributed by atoms with Crippen LogP contribution in [0.4, 0.5) is 5.69 Å². The highest BCUT2D eigenvalue weighted by Crippen LogP contribution is 2.26. The molecule has 1 fully saturated rings. The molecule has 0 amide bonds. The Kier molecular flexibility index (Phi) is 2.97. The summed E-state index contributed by atoms with van der Waals surface area (Å²) in [5.41, 5.74) is 1.31. The standard InChI is InChI=1S/C12H16ClN/c1-2-10-7-8-14(9-10)12-5-3-11(13)4-6-12/h3-6,10H,2,7-9H2,1H3. The molecule has 1 saturated heterocycles. The molecule has 1 heterocycles. The summed E-state index contributed by atoms with van der Waals surface area (Å²) in [6.07, 6.45) is 2.63. The van der Waals surface area contributed by atoms with Crippen molar-refractivity contribution in [2.24, 2.45) is 5.92 Å². The number of anilines is 1. The monoisotopic (exact) mass is 209 g/mol. The molecule has 0 aromatic heterocycles. The van der Waals surface area contributed by atoms with E-state index in [1.54, 1.807) is 0 Å². The first kappa shape index (κ1) is 9.85. The SMILES string of the molecule is CCC1CCN(c2ccc(Cl)cc2)C1. The lowest BCUT2D eigenvalue weighted by atomic mass is 10.1. The summed E-state index contributed by atoms with van der Waals surface area (Å²) in [5, 5.41) is 0.819. The number of nitrogens with zero attached hydrogens (tertiary/aromatic N) is 1. The Morgan fingerprint density at radius 1 is 1.36 bits per heavy atom. The summed E-state index contributed by atoms with van der Waals surface area (Å²) in [4.78, 5) is 2.45. The Morgan fingerprint density at radius 2 is 2.07 bits per heavy atom. The van der Waals surface area contributed by atoms with Gasteiger partial charge < -0.3 is 4.90 Å². The molecule has 1 aromatic carbocycles. The highest BCUT2D eigenvalue weighted by molar-refractivity contribution is 6.30. The van der Waals surface area contributed by atoms with Gasteiger partial charge in [0.25, 0.3) is 0 Å². The molecule has 1 nitrogen and oxygen atoms in total. The molecule has 1 unspecified atom stereocenters. The molecule has 76 valence electrons. The van der Waals surface area contributed by atoms with Crippen LogP contribution in [0.1, 0.15) is 19.8 Å². The largest absolute Gasteiger partial charge is 0.371 e. The Balaban J connectivity index is 2.06. The van der Waals surface area contributed by atoms with Gasteiger partial charge >= 0.3 is 0 Å². The highest BCUT2D eigenvalue weighted by Gasteiger charge is 2.20. The second kappa shape index (κ2) is 4.22.